The first-order valence-electron chi connectivity index (χ1n) is 16.2. The van der Waals surface area contributed by atoms with Gasteiger partial charge in [-0.15, -0.1) is 0 Å². The minimum atomic E-state index is 0.0135. The van der Waals surface area contributed by atoms with Crippen LogP contribution in [0.15, 0.2) is 138 Å². The summed E-state index contributed by atoms with van der Waals surface area (Å²) in [6.45, 7) is 7.03. The SMILES string of the molecule is CC(C)(C)c1cc2c3c(c1)Sc1c(ccc4c1oc1cc5ccccc5cc14)B3c1ccc3c(oc4cc5ccccc5cc43)c1S2. The molecule has 11 rings (SSSR count). The van der Waals surface area contributed by atoms with Crippen LogP contribution < -0.4 is 16.4 Å². The van der Waals surface area contributed by atoms with Crippen molar-refractivity contribution in [3.8, 4) is 0 Å². The van der Waals surface area contributed by atoms with Crippen molar-refractivity contribution in [2.75, 3.05) is 0 Å². The number of hydrogen-bond acceptors (Lipinski definition) is 4. The molecule has 0 spiro atoms. The molecule has 47 heavy (non-hydrogen) atoms. The molecule has 0 bridgehead atoms. The smallest absolute Gasteiger partial charge is 0.247 e. The van der Waals surface area contributed by atoms with Gasteiger partial charge in [-0.25, -0.2) is 0 Å². The molecule has 0 unspecified atom stereocenters. The van der Waals surface area contributed by atoms with E-state index in [2.05, 4.69) is 130 Å². The molecule has 0 N–H and O–H groups in total. The Balaban J connectivity index is 1.21. The van der Waals surface area contributed by atoms with Gasteiger partial charge in [0.15, 0.2) is 0 Å². The fourth-order valence-corrected chi connectivity index (χ4v) is 10.5. The van der Waals surface area contributed by atoms with E-state index in [0.717, 1.165) is 22.3 Å². The van der Waals surface area contributed by atoms with E-state index in [0.29, 0.717) is 0 Å². The van der Waals surface area contributed by atoms with E-state index >= 15 is 0 Å². The van der Waals surface area contributed by atoms with Gasteiger partial charge in [-0.2, -0.15) is 0 Å². The third-order valence-corrected chi connectivity index (χ3v) is 12.7. The maximum absolute atomic E-state index is 6.80. The highest BCUT2D eigenvalue weighted by atomic mass is 32.2. The first-order valence-corrected chi connectivity index (χ1v) is 17.8. The summed E-state index contributed by atoms with van der Waals surface area (Å²) in [4.78, 5) is 5.12. The second kappa shape index (κ2) is 9.06. The van der Waals surface area contributed by atoms with Crippen LogP contribution in [0.5, 0.6) is 0 Å². The van der Waals surface area contributed by atoms with Crippen molar-refractivity contribution >= 4 is 112 Å². The molecule has 0 amide bonds. The lowest BCUT2D eigenvalue weighted by Gasteiger charge is -2.34. The largest absolute Gasteiger partial charge is 0.455 e. The van der Waals surface area contributed by atoms with Crippen molar-refractivity contribution in [2.24, 2.45) is 0 Å². The Bertz CT molecular complexity index is 2670. The monoisotopic (exact) mass is 638 g/mol. The fourth-order valence-electron chi connectivity index (χ4n) is 7.88. The van der Waals surface area contributed by atoms with E-state index in [9.17, 15) is 0 Å². The van der Waals surface area contributed by atoms with Crippen molar-refractivity contribution in [3.05, 3.63) is 115 Å². The van der Waals surface area contributed by atoms with Crippen LogP contribution >= 0.6 is 23.5 Å². The Morgan fingerprint density at radius 3 is 1.40 bits per heavy atom. The van der Waals surface area contributed by atoms with Gasteiger partial charge in [-0.3, -0.25) is 0 Å². The van der Waals surface area contributed by atoms with Crippen molar-refractivity contribution in [1.82, 2.24) is 0 Å². The normalized spacial score (nSPS) is 14.1. The summed E-state index contributed by atoms with van der Waals surface area (Å²) >= 11 is 3.76. The average molecular weight is 639 g/mol. The van der Waals surface area contributed by atoms with Gasteiger partial charge in [-0.1, -0.05) is 128 Å². The maximum Gasteiger partial charge on any atom is 0.247 e. The molecule has 2 aliphatic rings. The number of hydrogen-bond donors (Lipinski definition) is 0. The van der Waals surface area contributed by atoms with E-state index in [-0.39, 0.29) is 12.1 Å². The fraction of sp³-hybridized carbons (Fsp3) is 0.0952. The topological polar surface area (TPSA) is 26.3 Å². The lowest BCUT2D eigenvalue weighted by molar-refractivity contribution is 0.587. The summed E-state index contributed by atoms with van der Waals surface area (Å²) in [5.74, 6) is 0. The van der Waals surface area contributed by atoms with Crippen LogP contribution in [0.4, 0.5) is 0 Å². The Labute approximate surface area is 280 Å². The second-order valence-corrected chi connectivity index (χ2v) is 16.2. The zero-order valence-corrected chi connectivity index (χ0v) is 27.7. The molecule has 2 nitrogen and oxygen atoms in total. The van der Waals surface area contributed by atoms with Crippen LogP contribution in [0.3, 0.4) is 0 Å². The van der Waals surface area contributed by atoms with E-state index in [4.69, 9.17) is 8.83 Å². The molecule has 0 atom stereocenters. The lowest BCUT2D eigenvalue weighted by Crippen LogP contribution is -2.58. The average Bonchev–Trinajstić information content (AvgIpc) is 3.63. The summed E-state index contributed by atoms with van der Waals surface area (Å²) in [6, 6.07) is 40.2. The van der Waals surface area contributed by atoms with Crippen LogP contribution in [0, 0.1) is 0 Å². The molecule has 9 aromatic rings. The summed E-state index contributed by atoms with van der Waals surface area (Å²) < 4.78 is 13.6. The molecule has 5 heteroatoms. The predicted octanol–water partition coefficient (Wildman–Crippen LogP) is 10.5. The molecular weight excluding hydrogens is 611 g/mol. The van der Waals surface area contributed by atoms with Crippen LogP contribution in [-0.4, -0.2) is 6.71 Å². The summed E-state index contributed by atoms with van der Waals surface area (Å²) in [7, 11) is 0. The highest BCUT2D eigenvalue weighted by Crippen LogP contribution is 2.47. The van der Waals surface area contributed by atoms with E-state index < -0.39 is 0 Å². The molecular formula is C42H27BO2S2. The Kier molecular flexibility index (Phi) is 5.11. The third-order valence-electron chi connectivity index (χ3n) is 10.3. The van der Waals surface area contributed by atoms with E-state index in [1.807, 2.05) is 23.5 Å². The standard InChI is InChI=1S/C42H27BO2S2/c1-42(2,3)26-20-35-37-36(21-26)47-41-32(15-13-28-30-17-23-9-5-7-11-25(23)19-34(30)45-39(28)41)43(37)31-14-12-27-29-16-22-8-4-6-10-24(22)18-33(29)44-38(27)40(31)46-35/h4-21H,1-3H3. The lowest BCUT2D eigenvalue weighted by atomic mass is 9.36. The van der Waals surface area contributed by atoms with Crippen LogP contribution in [-0.2, 0) is 5.41 Å². The van der Waals surface area contributed by atoms with Crippen molar-refractivity contribution in [1.29, 1.82) is 0 Å². The summed E-state index contributed by atoms with van der Waals surface area (Å²) in [5.41, 5.74) is 9.26. The summed E-state index contributed by atoms with van der Waals surface area (Å²) in [5, 5.41) is 9.58. The van der Waals surface area contributed by atoms with E-state index in [1.165, 1.54) is 84.6 Å². The first kappa shape index (κ1) is 26.5. The van der Waals surface area contributed by atoms with Crippen LogP contribution in [0.2, 0.25) is 0 Å². The maximum atomic E-state index is 6.80. The molecule has 0 fully saturated rings. The van der Waals surface area contributed by atoms with Gasteiger partial charge in [0, 0.05) is 31.3 Å². The molecule has 2 aromatic heterocycles. The molecule has 0 saturated heterocycles. The van der Waals surface area contributed by atoms with Crippen molar-refractivity contribution in [3.63, 3.8) is 0 Å². The Morgan fingerprint density at radius 1 is 0.511 bits per heavy atom. The zero-order chi connectivity index (χ0) is 31.2. The highest BCUT2D eigenvalue weighted by Gasteiger charge is 2.41. The quantitative estimate of drug-likeness (QED) is 0.154. The molecule has 0 aliphatic carbocycles. The van der Waals surface area contributed by atoms with Crippen LogP contribution in [0.1, 0.15) is 26.3 Å². The molecule has 4 heterocycles. The van der Waals surface area contributed by atoms with Gasteiger partial charge >= 0.3 is 0 Å². The molecule has 7 aromatic carbocycles. The van der Waals surface area contributed by atoms with Crippen LogP contribution in [0.25, 0.3) is 65.4 Å². The van der Waals surface area contributed by atoms with E-state index in [1.54, 1.807) is 0 Å². The highest BCUT2D eigenvalue weighted by molar-refractivity contribution is 8.01. The number of furan rings is 2. The number of fused-ring (bicyclic) bond motifs is 14. The Hall–Kier alpha value is -4.58. The molecule has 222 valence electrons. The second-order valence-electron chi connectivity index (χ2n) is 14.1. The zero-order valence-electron chi connectivity index (χ0n) is 26.1. The van der Waals surface area contributed by atoms with Crippen molar-refractivity contribution < 1.29 is 8.83 Å². The minimum absolute atomic E-state index is 0.0135. The summed E-state index contributed by atoms with van der Waals surface area (Å²) in [6.07, 6.45) is 0. The number of rotatable bonds is 0. The minimum Gasteiger partial charge on any atom is -0.455 e. The van der Waals surface area contributed by atoms with Gasteiger partial charge in [0.25, 0.3) is 0 Å². The van der Waals surface area contributed by atoms with Gasteiger partial charge in [0.2, 0.25) is 6.71 Å². The molecule has 0 radical (unpaired) electrons. The van der Waals surface area contributed by atoms with Gasteiger partial charge in [-0.05, 0) is 74.4 Å². The number of benzene rings is 7. The van der Waals surface area contributed by atoms with Gasteiger partial charge in [0.05, 0.1) is 9.79 Å². The molecule has 0 saturated carbocycles. The molecule has 2 aliphatic heterocycles. The third kappa shape index (κ3) is 3.62. The van der Waals surface area contributed by atoms with Crippen molar-refractivity contribution in [2.45, 2.75) is 45.8 Å². The predicted molar refractivity (Wildman–Crippen MR) is 200 cm³/mol. The van der Waals surface area contributed by atoms with Gasteiger partial charge < -0.3 is 8.83 Å². The first-order chi connectivity index (χ1) is 22.9. The van der Waals surface area contributed by atoms with Gasteiger partial charge in [0.1, 0.15) is 22.3 Å². The Morgan fingerprint density at radius 2 is 0.957 bits per heavy atom.